The maximum atomic E-state index is 3.96. The van der Waals surface area contributed by atoms with Gasteiger partial charge in [-0.15, -0.1) is 0 Å². The van der Waals surface area contributed by atoms with E-state index in [0.717, 1.165) is 24.3 Å². The van der Waals surface area contributed by atoms with Gasteiger partial charge in [0.25, 0.3) is 0 Å². The Bertz CT molecular complexity index is 216. The summed E-state index contributed by atoms with van der Waals surface area (Å²) in [4.78, 5) is 0.711. The zero-order valence-corrected chi connectivity index (χ0v) is 11.2. The maximum Gasteiger partial charge on any atom is 0.0327 e. The van der Waals surface area contributed by atoms with Gasteiger partial charge in [-0.2, -0.15) is 0 Å². The average molecular weight is 272 g/mol. The smallest absolute Gasteiger partial charge is 0.0327 e. The standard InChI is InChI=1S/C13H22BrN/c1-15-8-12(14)13-5-9-2-10(6-13)4-11(3-9)7-13/h9-12,15H,2-8H2,1H3. The summed E-state index contributed by atoms with van der Waals surface area (Å²) in [5.41, 5.74) is 0.664. The van der Waals surface area contributed by atoms with Gasteiger partial charge in [0.15, 0.2) is 0 Å². The topological polar surface area (TPSA) is 12.0 Å². The lowest BCUT2D eigenvalue weighted by Gasteiger charge is -2.58. The molecule has 0 aromatic heterocycles. The molecule has 0 aromatic rings. The Morgan fingerprint density at radius 3 is 2.00 bits per heavy atom. The van der Waals surface area contributed by atoms with Crippen molar-refractivity contribution in [2.75, 3.05) is 13.6 Å². The highest BCUT2D eigenvalue weighted by atomic mass is 79.9. The second-order valence-electron chi connectivity index (χ2n) is 6.31. The van der Waals surface area contributed by atoms with E-state index in [1.807, 2.05) is 0 Å². The number of hydrogen-bond donors (Lipinski definition) is 1. The Balaban J connectivity index is 1.80. The molecular weight excluding hydrogens is 250 g/mol. The van der Waals surface area contributed by atoms with Crippen LogP contribution in [0.2, 0.25) is 0 Å². The molecule has 0 heterocycles. The summed E-state index contributed by atoms with van der Waals surface area (Å²) in [7, 11) is 2.08. The molecule has 0 aliphatic heterocycles. The molecule has 4 aliphatic carbocycles. The number of alkyl halides is 1. The molecule has 4 bridgehead atoms. The van der Waals surface area contributed by atoms with Crippen LogP contribution >= 0.6 is 15.9 Å². The van der Waals surface area contributed by atoms with Gasteiger partial charge in [0.1, 0.15) is 0 Å². The highest BCUT2D eigenvalue weighted by molar-refractivity contribution is 9.09. The van der Waals surface area contributed by atoms with Crippen LogP contribution in [0, 0.1) is 23.2 Å². The summed E-state index contributed by atoms with van der Waals surface area (Å²) >= 11 is 3.96. The minimum atomic E-state index is 0.664. The van der Waals surface area contributed by atoms with Crippen molar-refractivity contribution in [3.05, 3.63) is 0 Å². The van der Waals surface area contributed by atoms with Gasteiger partial charge in [0, 0.05) is 11.4 Å². The molecule has 1 atom stereocenters. The van der Waals surface area contributed by atoms with E-state index >= 15 is 0 Å². The third kappa shape index (κ3) is 1.68. The van der Waals surface area contributed by atoms with Gasteiger partial charge in [-0.25, -0.2) is 0 Å². The van der Waals surface area contributed by atoms with E-state index < -0.39 is 0 Å². The number of halogens is 1. The molecule has 86 valence electrons. The second-order valence-corrected chi connectivity index (χ2v) is 7.41. The van der Waals surface area contributed by atoms with Crippen molar-refractivity contribution in [3.8, 4) is 0 Å². The molecule has 1 nitrogen and oxygen atoms in total. The van der Waals surface area contributed by atoms with Gasteiger partial charge in [0.2, 0.25) is 0 Å². The monoisotopic (exact) mass is 271 g/mol. The third-order valence-electron chi connectivity index (χ3n) is 5.13. The first-order valence-electron chi connectivity index (χ1n) is 6.50. The van der Waals surface area contributed by atoms with Gasteiger partial charge >= 0.3 is 0 Å². The molecule has 0 aromatic carbocycles. The normalized spacial score (nSPS) is 49.6. The lowest BCUT2D eigenvalue weighted by molar-refractivity contribution is -0.0518. The Hall–Kier alpha value is 0.440. The molecule has 4 aliphatic rings. The molecule has 4 fully saturated rings. The van der Waals surface area contributed by atoms with Crippen LogP contribution in [0.25, 0.3) is 0 Å². The first-order chi connectivity index (χ1) is 7.22. The largest absolute Gasteiger partial charge is 0.319 e. The minimum Gasteiger partial charge on any atom is -0.319 e. The van der Waals surface area contributed by atoms with Crippen molar-refractivity contribution in [3.63, 3.8) is 0 Å². The zero-order valence-electron chi connectivity index (χ0n) is 9.64. The van der Waals surface area contributed by atoms with E-state index in [0.29, 0.717) is 10.2 Å². The van der Waals surface area contributed by atoms with E-state index in [-0.39, 0.29) is 0 Å². The van der Waals surface area contributed by atoms with E-state index in [9.17, 15) is 0 Å². The molecule has 0 saturated heterocycles. The second kappa shape index (κ2) is 3.73. The highest BCUT2D eigenvalue weighted by Gasteiger charge is 2.53. The van der Waals surface area contributed by atoms with E-state index in [1.54, 1.807) is 19.3 Å². The van der Waals surface area contributed by atoms with Crippen molar-refractivity contribution >= 4 is 15.9 Å². The van der Waals surface area contributed by atoms with Crippen molar-refractivity contribution in [2.24, 2.45) is 23.2 Å². The van der Waals surface area contributed by atoms with E-state index in [2.05, 4.69) is 28.3 Å². The molecule has 4 rings (SSSR count). The molecule has 1 N–H and O–H groups in total. The van der Waals surface area contributed by atoms with Crippen molar-refractivity contribution in [2.45, 2.75) is 43.4 Å². The number of rotatable bonds is 3. The fourth-order valence-electron chi connectivity index (χ4n) is 4.96. The lowest BCUT2D eigenvalue weighted by atomic mass is 9.49. The third-order valence-corrected chi connectivity index (χ3v) is 6.43. The van der Waals surface area contributed by atoms with Crippen LogP contribution in [-0.4, -0.2) is 18.4 Å². The van der Waals surface area contributed by atoms with Crippen LogP contribution in [0.1, 0.15) is 38.5 Å². The molecular formula is C13H22BrN. The maximum absolute atomic E-state index is 3.96. The Labute approximate surface area is 102 Å². The van der Waals surface area contributed by atoms with Crippen LogP contribution in [0.4, 0.5) is 0 Å². The van der Waals surface area contributed by atoms with E-state index in [1.165, 1.54) is 19.3 Å². The summed E-state index contributed by atoms with van der Waals surface area (Å²) in [6.07, 6.45) is 9.19. The van der Waals surface area contributed by atoms with Crippen molar-refractivity contribution < 1.29 is 0 Å². The Morgan fingerprint density at radius 1 is 1.13 bits per heavy atom. The lowest BCUT2D eigenvalue weighted by Crippen LogP contribution is -2.51. The predicted octanol–water partition coefficient (Wildman–Crippen LogP) is 3.19. The van der Waals surface area contributed by atoms with Crippen LogP contribution in [0.3, 0.4) is 0 Å². The summed E-state index contributed by atoms with van der Waals surface area (Å²) in [5.74, 6) is 3.23. The molecule has 0 spiro atoms. The average Bonchev–Trinajstić information content (AvgIpc) is 2.15. The Morgan fingerprint density at radius 2 is 1.60 bits per heavy atom. The van der Waals surface area contributed by atoms with Gasteiger partial charge in [-0.3, -0.25) is 0 Å². The van der Waals surface area contributed by atoms with Gasteiger partial charge in [-0.1, -0.05) is 15.9 Å². The molecule has 0 radical (unpaired) electrons. The molecule has 2 heteroatoms. The highest BCUT2D eigenvalue weighted by Crippen LogP contribution is 2.62. The Kier molecular flexibility index (Phi) is 2.63. The van der Waals surface area contributed by atoms with Gasteiger partial charge in [-0.05, 0) is 68.7 Å². The fraction of sp³-hybridized carbons (Fsp3) is 1.00. The number of nitrogens with one attached hydrogen (secondary N) is 1. The molecule has 0 amide bonds. The minimum absolute atomic E-state index is 0.664. The first-order valence-corrected chi connectivity index (χ1v) is 7.42. The number of hydrogen-bond acceptors (Lipinski definition) is 1. The van der Waals surface area contributed by atoms with Crippen LogP contribution in [0.5, 0.6) is 0 Å². The quantitative estimate of drug-likeness (QED) is 0.778. The van der Waals surface area contributed by atoms with Gasteiger partial charge < -0.3 is 5.32 Å². The molecule has 4 saturated carbocycles. The zero-order chi connectivity index (χ0) is 10.5. The van der Waals surface area contributed by atoms with Crippen LogP contribution in [0.15, 0.2) is 0 Å². The van der Waals surface area contributed by atoms with Gasteiger partial charge in [0.05, 0.1) is 0 Å². The molecule has 1 unspecified atom stereocenters. The predicted molar refractivity (Wildman–Crippen MR) is 67.2 cm³/mol. The SMILES string of the molecule is CNCC(Br)C12CC3CC(CC(C3)C1)C2. The first kappa shape index (κ1) is 10.6. The summed E-state index contributed by atoms with van der Waals surface area (Å²) in [6, 6.07) is 0. The summed E-state index contributed by atoms with van der Waals surface area (Å²) < 4.78 is 0. The molecule has 15 heavy (non-hydrogen) atoms. The van der Waals surface area contributed by atoms with Crippen LogP contribution in [-0.2, 0) is 0 Å². The van der Waals surface area contributed by atoms with Crippen molar-refractivity contribution in [1.29, 1.82) is 0 Å². The summed E-state index contributed by atoms with van der Waals surface area (Å²) in [5, 5.41) is 3.35. The van der Waals surface area contributed by atoms with E-state index in [4.69, 9.17) is 0 Å². The fourth-order valence-corrected chi connectivity index (χ4v) is 5.84. The van der Waals surface area contributed by atoms with Crippen molar-refractivity contribution in [1.82, 2.24) is 5.32 Å². The summed E-state index contributed by atoms with van der Waals surface area (Å²) in [6.45, 7) is 1.14. The van der Waals surface area contributed by atoms with Crippen LogP contribution < -0.4 is 5.32 Å².